The van der Waals surface area contributed by atoms with Gasteiger partial charge in [-0.2, -0.15) is 4.98 Å². The van der Waals surface area contributed by atoms with Crippen molar-refractivity contribution in [1.82, 2.24) is 9.97 Å². The van der Waals surface area contributed by atoms with Crippen LogP contribution in [0, 0.1) is 6.92 Å². The summed E-state index contributed by atoms with van der Waals surface area (Å²) < 4.78 is 13.0. The summed E-state index contributed by atoms with van der Waals surface area (Å²) in [6.45, 7) is 10.5. The van der Waals surface area contributed by atoms with E-state index in [0.717, 1.165) is 78.5 Å². The van der Waals surface area contributed by atoms with Crippen LogP contribution in [0.5, 0.6) is 11.6 Å². The molecule has 6 nitrogen and oxygen atoms in total. The van der Waals surface area contributed by atoms with E-state index >= 15 is 0 Å². The van der Waals surface area contributed by atoms with Crippen molar-refractivity contribution in [3.63, 3.8) is 0 Å². The third-order valence-corrected chi connectivity index (χ3v) is 7.91. The molecule has 1 N–H and O–H groups in total. The Morgan fingerprint density at radius 1 is 0.818 bits per heavy atom. The minimum Gasteiger partial charge on any atom is -0.478 e. The molecule has 1 heterocycles. The third kappa shape index (κ3) is 8.04. The lowest BCUT2D eigenvalue weighted by Gasteiger charge is -2.30. The van der Waals surface area contributed by atoms with Crippen molar-refractivity contribution < 1.29 is 19.4 Å². The average molecular weight is 595 g/mol. The van der Waals surface area contributed by atoms with Crippen molar-refractivity contribution in [2.45, 2.75) is 98.2 Å². The number of rotatable bonds is 16. The van der Waals surface area contributed by atoms with E-state index in [0.29, 0.717) is 36.0 Å². The van der Waals surface area contributed by atoms with Crippen LogP contribution in [0.2, 0.25) is 0 Å². The van der Waals surface area contributed by atoms with Crippen LogP contribution in [0.15, 0.2) is 72.8 Å². The second kappa shape index (κ2) is 15.5. The van der Waals surface area contributed by atoms with Gasteiger partial charge < -0.3 is 14.6 Å². The summed E-state index contributed by atoms with van der Waals surface area (Å²) in [5.74, 6) is 0.997. The maximum Gasteiger partial charge on any atom is 0.352 e. The van der Waals surface area contributed by atoms with Gasteiger partial charge in [-0.05, 0) is 61.8 Å². The first-order valence-corrected chi connectivity index (χ1v) is 15.9. The molecule has 1 atom stereocenters. The number of carboxylic acid groups (broad SMARTS) is 1. The molecule has 4 aromatic rings. The first-order chi connectivity index (χ1) is 21.3. The first kappa shape index (κ1) is 32.7. The van der Waals surface area contributed by atoms with Crippen LogP contribution in [0.1, 0.15) is 98.3 Å². The highest BCUT2D eigenvalue weighted by molar-refractivity contribution is 5.79. The summed E-state index contributed by atoms with van der Waals surface area (Å²) in [5, 5.41) is 10.4. The zero-order valence-electron chi connectivity index (χ0n) is 26.9. The number of aliphatic carboxylic acids is 1. The summed E-state index contributed by atoms with van der Waals surface area (Å²) in [6.07, 6.45) is 6.93. The molecule has 3 aromatic carbocycles. The highest BCUT2D eigenvalue weighted by Crippen LogP contribution is 2.37. The van der Waals surface area contributed by atoms with Gasteiger partial charge in [0, 0.05) is 17.5 Å². The van der Waals surface area contributed by atoms with Crippen molar-refractivity contribution >= 4 is 5.97 Å². The summed E-state index contributed by atoms with van der Waals surface area (Å²) in [7, 11) is 0. The average Bonchev–Trinajstić information content (AvgIpc) is 3.02. The lowest BCUT2D eigenvalue weighted by Crippen LogP contribution is -2.39. The number of carbonyl (C=O) groups is 1. The van der Waals surface area contributed by atoms with Crippen LogP contribution < -0.4 is 9.47 Å². The second-order valence-corrected chi connectivity index (χ2v) is 11.6. The molecule has 232 valence electrons. The highest BCUT2D eigenvalue weighted by Gasteiger charge is 2.39. The zero-order chi connectivity index (χ0) is 31.5. The molecular formula is C38H46N2O4. The largest absolute Gasteiger partial charge is 0.478 e. The molecule has 44 heavy (non-hydrogen) atoms. The Balaban J connectivity index is 1.78. The number of benzene rings is 3. The van der Waals surface area contributed by atoms with Crippen molar-refractivity contribution in [2.75, 3.05) is 0 Å². The van der Waals surface area contributed by atoms with Gasteiger partial charge in [0.05, 0.1) is 5.69 Å². The summed E-state index contributed by atoms with van der Waals surface area (Å²) in [5.41, 5.74) is 5.37. The Morgan fingerprint density at radius 2 is 1.43 bits per heavy atom. The fourth-order valence-electron chi connectivity index (χ4n) is 5.56. The van der Waals surface area contributed by atoms with Crippen LogP contribution in [-0.2, 0) is 42.7 Å². The normalized spacial score (nSPS) is 12.5. The number of hydrogen-bond acceptors (Lipinski definition) is 5. The monoisotopic (exact) mass is 594 g/mol. The Labute approximate surface area is 262 Å². The number of aromatic nitrogens is 2. The number of carboxylic acids is 1. The Morgan fingerprint density at radius 3 is 2.00 bits per heavy atom. The van der Waals surface area contributed by atoms with E-state index in [1.807, 2.05) is 55.5 Å². The number of ether oxygens (including phenoxy) is 2. The molecule has 0 radical (unpaired) electrons. The highest BCUT2D eigenvalue weighted by atomic mass is 16.5. The van der Waals surface area contributed by atoms with Gasteiger partial charge in [-0.1, -0.05) is 113 Å². The predicted molar refractivity (Wildman–Crippen MR) is 175 cm³/mol. The second-order valence-electron chi connectivity index (χ2n) is 11.6. The van der Waals surface area contributed by atoms with E-state index in [9.17, 15) is 9.90 Å². The van der Waals surface area contributed by atoms with Gasteiger partial charge in [-0.15, -0.1) is 0 Å². The van der Waals surface area contributed by atoms with Crippen molar-refractivity contribution in [2.24, 2.45) is 0 Å². The molecule has 4 rings (SSSR count). The van der Waals surface area contributed by atoms with Crippen LogP contribution in [0.3, 0.4) is 0 Å². The summed E-state index contributed by atoms with van der Waals surface area (Å²) in [4.78, 5) is 22.3. The molecular weight excluding hydrogens is 548 g/mol. The molecule has 1 aromatic heterocycles. The molecule has 6 heteroatoms. The molecule has 0 aliphatic heterocycles. The minimum absolute atomic E-state index is 0.430. The van der Waals surface area contributed by atoms with Gasteiger partial charge in [0.15, 0.2) is 0 Å². The lowest BCUT2D eigenvalue weighted by atomic mass is 9.92. The van der Waals surface area contributed by atoms with Crippen LogP contribution in [0.25, 0.3) is 0 Å². The smallest absolute Gasteiger partial charge is 0.352 e. The quantitative estimate of drug-likeness (QED) is 0.140. The number of unbranched alkanes of at least 4 members (excludes halogenated alkanes) is 1. The predicted octanol–water partition coefficient (Wildman–Crippen LogP) is 8.58. The molecule has 1 unspecified atom stereocenters. The maximum absolute atomic E-state index is 12.7. The topological polar surface area (TPSA) is 81.5 Å². The van der Waals surface area contributed by atoms with E-state index in [4.69, 9.17) is 19.4 Å². The van der Waals surface area contributed by atoms with E-state index in [2.05, 4.69) is 45.0 Å². The zero-order valence-corrected chi connectivity index (χ0v) is 26.9. The van der Waals surface area contributed by atoms with Crippen molar-refractivity contribution in [3.8, 4) is 11.6 Å². The Bertz CT molecular complexity index is 1490. The maximum atomic E-state index is 12.7. The number of hydrogen-bond donors (Lipinski definition) is 1. The molecule has 0 saturated carbocycles. The van der Waals surface area contributed by atoms with Gasteiger partial charge >= 0.3 is 5.97 Å². The minimum atomic E-state index is -1.52. The molecule has 0 fully saturated rings. The molecule has 0 aliphatic carbocycles. The first-order valence-electron chi connectivity index (χ1n) is 15.9. The Kier molecular flexibility index (Phi) is 11.5. The van der Waals surface area contributed by atoms with Gasteiger partial charge in [0.2, 0.25) is 11.5 Å². The van der Waals surface area contributed by atoms with Crippen molar-refractivity contribution in [1.29, 1.82) is 0 Å². The fraction of sp³-hybridized carbons (Fsp3) is 0.395. The molecule has 0 aliphatic rings. The molecule has 0 amide bonds. The van der Waals surface area contributed by atoms with E-state index in [1.165, 1.54) is 0 Å². The SMILES string of the molecule is CCCCc1nc(C)nc(OCc2ccccc2)c1Cc1cc(CCC)c(OC(C)(C(=O)O)c2ccccc2)c(CCC)c1. The summed E-state index contributed by atoms with van der Waals surface area (Å²) >= 11 is 0. The van der Waals surface area contributed by atoms with E-state index < -0.39 is 11.6 Å². The molecule has 0 bridgehead atoms. The van der Waals surface area contributed by atoms with Crippen molar-refractivity contribution in [3.05, 3.63) is 118 Å². The number of aryl methyl sites for hydroxylation is 4. The van der Waals surface area contributed by atoms with E-state index in [1.54, 1.807) is 6.92 Å². The molecule has 0 saturated heterocycles. The fourth-order valence-corrected chi connectivity index (χ4v) is 5.56. The van der Waals surface area contributed by atoms with Crippen LogP contribution >= 0.6 is 0 Å². The lowest BCUT2D eigenvalue weighted by molar-refractivity contribution is -0.154. The third-order valence-electron chi connectivity index (χ3n) is 7.91. The van der Waals surface area contributed by atoms with Gasteiger partial charge in [-0.25, -0.2) is 9.78 Å². The van der Waals surface area contributed by atoms with Crippen LogP contribution in [0.4, 0.5) is 0 Å². The van der Waals surface area contributed by atoms with Crippen LogP contribution in [-0.4, -0.2) is 21.0 Å². The van der Waals surface area contributed by atoms with Gasteiger partial charge in [0.1, 0.15) is 18.2 Å². The summed E-state index contributed by atoms with van der Waals surface area (Å²) in [6, 6.07) is 23.7. The van der Waals surface area contributed by atoms with E-state index in [-0.39, 0.29) is 0 Å². The number of nitrogens with zero attached hydrogens (tertiary/aromatic N) is 2. The Hall–Kier alpha value is -4.19. The van der Waals surface area contributed by atoms with Gasteiger partial charge in [0.25, 0.3) is 0 Å². The van der Waals surface area contributed by atoms with Gasteiger partial charge in [-0.3, -0.25) is 0 Å². The molecule has 0 spiro atoms. The standard InChI is InChI=1S/C38H46N2O4/c1-6-9-22-34-33(36(40-27(4)39-34)43-26-28-18-12-10-13-19-28)25-29-23-30(16-7-2)35(31(24-29)17-8-3)44-38(5,37(41)42)32-20-14-11-15-21-32/h10-15,18-21,23-24H,6-9,16-17,22,25-26H2,1-5H3,(H,41,42).